The van der Waals surface area contributed by atoms with Gasteiger partial charge in [-0.2, -0.15) is 5.10 Å². The van der Waals surface area contributed by atoms with Crippen LogP contribution in [0.1, 0.15) is 54.9 Å². The molecule has 0 spiro atoms. The number of carbonyl (C=O) groups is 1. The molecule has 2 heterocycles. The predicted molar refractivity (Wildman–Crippen MR) is 96.4 cm³/mol. The fourth-order valence-corrected chi connectivity index (χ4v) is 3.82. The van der Waals surface area contributed by atoms with Crippen LogP contribution in [0.4, 0.5) is 0 Å². The van der Waals surface area contributed by atoms with Crippen LogP contribution in [0.15, 0.2) is 18.6 Å². The molecule has 2 N–H and O–H groups in total. The number of aliphatic hydroxyl groups excluding tert-OH is 1. The van der Waals surface area contributed by atoms with Gasteiger partial charge in [0.2, 0.25) is 12.0 Å². The lowest BCUT2D eigenvalue weighted by Crippen LogP contribution is -2.46. The van der Waals surface area contributed by atoms with Gasteiger partial charge in [-0.3, -0.25) is 9.63 Å². The zero-order valence-electron chi connectivity index (χ0n) is 16.1. The Bertz CT molecular complexity index is 886. The smallest absolute Gasteiger partial charge is 0.272 e. The van der Waals surface area contributed by atoms with Crippen molar-refractivity contribution in [2.75, 3.05) is 13.7 Å². The van der Waals surface area contributed by atoms with E-state index in [0.717, 1.165) is 24.1 Å². The monoisotopic (exact) mass is 372 g/mol. The van der Waals surface area contributed by atoms with Gasteiger partial charge in [0.05, 0.1) is 24.5 Å². The Hall–Kier alpha value is -2.48. The van der Waals surface area contributed by atoms with Crippen LogP contribution in [0, 0.1) is 11.3 Å². The van der Waals surface area contributed by atoms with Crippen molar-refractivity contribution < 1.29 is 19.5 Å². The van der Waals surface area contributed by atoms with Crippen molar-refractivity contribution in [1.82, 2.24) is 20.1 Å². The number of aliphatic hydroxyl groups is 1. The Morgan fingerprint density at radius 3 is 2.96 bits per heavy atom. The van der Waals surface area contributed by atoms with Crippen molar-refractivity contribution in [3.8, 4) is 5.82 Å². The van der Waals surface area contributed by atoms with Crippen LogP contribution in [0.5, 0.6) is 0 Å². The van der Waals surface area contributed by atoms with E-state index in [9.17, 15) is 9.90 Å². The summed E-state index contributed by atoms with van der Waals surface area (Å²) in [7, 11) is 1.58. The molecule has 2 aliphatic rings. The lowest BCUT2D eigenvalue weighted by molar-refractivity contribution is -0.885. The third-order valence-corrected chi connectivity index (χ3v) is 5.60. The predicted octanol–water partition coefficient (Wildman–Crippen LogP) is 0.410. The fraction of sp³-hybridized carbons (Fsp3) is 0.579. The molecule has 1 fully saturated rings. The van der Waals surface area contributed by atoms with E-state index in [1.54, 1.807) is 35.1 Å². The molecule has 3 unspecified atom stereocenters. The summed E-state index contributed by atoms with van der Waals surface area (Å²) >= 11 is 0. The minimum Gasteiger partial charge on any atom is -0.394 e. The van der Waals surface area contributed by atoms with Crippen LogP contribution < -0.4 is 14.9 Å². The van der Waals surface area contributed by atoms with Crippen LogP contribution >= 0.6 is 0 Å². The van der Waals surface area contributed by atoms with Crippen molar-refractivity contribution in [3.63, 3.8) is 0 Å². The Labute approximate surface area is 158 Å². The third-order valence-electron chi connectivity index (χ3n) is 5.60. The first-order valence-electron chi connectivity index (χ1n) is 9.29. The summed E-state index contributed by atoms with van der Waals surface area (Å²) in [5, 5.41) is 17.2. The molecule has 27 heavy (non-hydrogen) atoms. The van der Waals surface area contributed by atoms with E-state index < -0.39 is 0 Å². The average Bonchev–Trinajstić information content (AvgIpc) is 3.14. The van der Waals surface area contributed by atoms with E-state index in [1.165, 1.54) is 0 Å². The van der Waals surface area contributed by atoms with Crippen LogP contribution in [0.3, 0.4) is 0 Å². The van der Waals surface area contributed by atoms with Gasteiger partial charge in [0.1, 0.15) is 7.11 Å². The highest BCUT2D eigenvalue weighted by Crippen LogP contribution is 2.57. The maximum Gasteiger partial charge on any atom is 0.272 e. The van der Waals surface area contributed by atoms with Crippen molar-refractivity contribution in [2.24, 2.45) is 11.3 Å². The number of nitrogens with one attached hydrogen (secondary N) is 1. The first-order valence-corrected chi connectivity index (χ1v) is 9.29. The standard InChI is InChI=1S/C19H25N5O3/c1-19(2,3)14(10-25)21-18(26)16-13-8-11-7-12(11)17(13)24(22-16)15-9-23(27-4)6-5-20-15/h5-6,9,11-12,14,25H,7-8,10H2,1-4H3/p+1. The summed E-state index contributed by atoms with van der Waals surface area (Å²) in [5.74, 6) is 1.43. The second-order valence-electron chi connectivity index (χ2n) is 8.46. The molecule has 0 radical (unpaired) electrons. The maximum atomic E-state index is 13.0. The Morgan fingerprint density at radius 1 is 1.52 bits per heavy atom. The van der Waals surface area contributed by atoms with Crippen LogP contribution in [-0.2, 0) is 6.42 Å². The van der Waals surface area contributed by atoms with Crippen molar-refractivity contribution >= 4 is 5.91 Å². The van der Waals surface area contributed by atoms with E-state index in [-0.39, 0.29) is 24.0 Å². The number of hydrogen-bond acceptors (Lipinski definition) is 5. The molecule has 8 heteroatoms. The summed E-state index contributed by atoms with van der Waals surface area (Å²) in [6, 6.07) is -0.341. The molecular formula is C19H26N5O3+. The maximum absolute atomic E-state index is 13.0. The number of aromatic nitrogens is 4. The highest BCUT2D eigenvalue weighted by Gasteiger charge is 2.50. The topological polar surface area (TPSA) is 93.2 Å². The second kappa shape index (κ2) is 6.30. The normalized spacial score (nSPS) is 21.4. The Morgan fingerprint density at radius 2 is 2.30 bits per heavy atom. The largest absolute Gasteiger partial charge is 0.394 e. The van der Waals surface area contributed by atoms with Crippen LogP contribution in [-0.4, -0.2) is 45.5 Å². The molecule has 0 saturated heterocycles. The van der Waals surface area contributed by atoms with Gasteiger partial charge >= 0.3 is 0 Å². The highest BCUT2D eigenvalue weighted by atomic mass is 16.6. The highest BCUT2D eigenvalue weighted by molar-refractivity contribution is 5.94. The van der Waals surface area contributed by atoms with Gasteiger partial charge in [-0.25, -0.2) is 9.67 Å². The number of rotatable bonds is 5. The number of hydrogen-bond donors (Lipinski definition) is 2. The van der Waals surface area contributed by atoms with E-state index >= 15 is 0 Å². The summed E-state index contributed by atoms with van der Waals surface area (Å²) in [4.78, 5) is 22.6. The molecular weight excluding hydrogens is 346 g/mol. The molecule has 2 aromatic heterocycles. The number of fused-ring (bicyclic) bond motifs is 3. The minimum atomic E-state index is -0.341. The van der Waals surface area contributed by atoms with Gasteiger partial charge in [0.15, 0.2) is 5.69 Å². The molecule has 3 atom stereocenters. The third kappa shape index (κ3) is 3.07. The van der Waals surface area contributed by atoms with Crippen molar-refractivity contribution in [1.29, 1.82) is 0 Å². The fourth-order valence-electron chi connectivity index (χ4n) is 3.82. The molecule has 2 aliphatic carbocycles. The zero-order chi connectivity index (χ0) is 19.3. The molecule has 4 rings (SSSR count). The SMILES string of the molecule is CO[n+]1ccnc(-n2nc(C(=O)NC(CO)C(C)(C)C)c3c2C2CC2C3)c1. The molecule has 0 bridgehead atoms. The minimum absolute atomic E-state index is 0.114. The summed E-state index contributed by atoms with van der Waals surface area (Å²) in [5.41, 5.74) is 2.29. The molecule has 1 saturated carbocycles. The van der Waals surface area contributed by atoms with E-state index in [4.69, 9.17) is 4.84 Å². The summed E-state index contributed by atoms with van der Waals surface area (Å²) in [6.45, 7) is 5.86. The van der Waals surface area contributed by atoms with E-state index in [0.29, 0.717) is 23.3 Å². The molecule has 0 aliphatic heterocycles. The summed E-state index contributed by atoms with van der Waals surface area (Å²) in [6.07, 6.45) is 7.11. The second-order valence-corrected chi connectivity index (χ2v) is 8.46. The first kappa shape index (κ1) is 17.9. The molecule has 8 nitrogen and oxygen atoms in total. The number of amides is 1. The van der Waals surface area contributed by atoms with E-state index in [2.05, 4.69) is 15.4 Å². The quantitative estimate of drug-likeness (QED) is 0.742. The molecule has 0 aromatic carbocycles. The number of carbonyl (C=O) groups excluding carboxylic acids is 1. The van der Waals surface area contributed by atoms with Gasteiger partial charge in [-0.1, -0.05) is 20.8 Å². The van der Waals surface area contributed by atoms with Crippen molar-refractivity contribution in [3.05, 3.63) is 35.5 Å². The van der Waals surface area contributed by atoms with Gasteiger partial charge in [0, 0.05) is 16.2 Å². The van der Waals surface area contributed by atoms with Gasteiger partial charge in [-0.05, 0) is 24.2 Å². The molecule has 2 aromatic rings. The van der Waals surface area contributed by atoms with Gasteiger partial charge in [-0.15, -0.1) is 0 Å². The van der Waals surface area contributed by atoms with Gasteiger partial charge < -0.3 is 10.4 Å². The number of nitrogens with zero attached hydrogens (tertiary/aromatic N) is 4. The molecule has 1 amide bonds. The first-order chi connectivity index (χ1) is 12.8. The lowest BCUT2D eigenvalue weighted by Gasteiger charge is -2.29. The van der Waals surface area contributed by atoms with Crippen LogP contribution in [0.2, 0.25) is 0 Å². The van der Waals surface area contributed by atoms with Crippen LogP contribution in [0.25, 0.3) is 5.82 Å². The molecule has 144 valence electrons. The summed E-state index contributed by atoms with van der Waals surface area (Å²) < 4.78 is 3.33. The zero-order valence-corrected chi connectivity index (χ0v) is 16.1. The van der Waals surface area contributed by atoms with E-state index in [1.807, 2.05) is 20.8 Å². The average molecular weight is 372 g/mol. The van der Waals surface area contributed by atoms with Crippen molar-refractivity contribution in [2.45, 2.75) is 45.6 Å². The van der Waals surface area contributed by atoms with Gasteiger partial charge in [0.25, 0.3) is 12.1 Å². The Balaban J connectivity index is 1.71. The Kier molecular flexibility index (Phi) is 4.18. The lowest BCUT2D eigenvalue weighted by atomic mass is 9.87.